The third kappa shape index (κ3) is 8.55. The summed E-state index contributed by atoms with van der Waals surface area (Å²) in [5, 5.41) is 4.75. The van der Waals surface area contributed by atoms with Crippen LogP contribution in [0, 0.1) is 11.8 Å². The fourth-order valence-corrected chi connectivity index (χ4v) is 8.00. The van der Waals surface area contributed by atoms with Crippen molar-refractivity contribution in [3.8, 4) is 28.1 Å². The van der Waals surface area contributed by atoms with Gasteiger partial charge in [0.25, 0.3) is 0 Å². The van der Waals surface area contributed by atoms with Crippen molar-refractivity contribution in [1.82, 2.24) is 35.1 Å². The van der Waals surface area contributed by atoms with Crippen LogP contribution >= 0.6 is 0 Å². The number of hydrogen-bond acceptors (Lipinski definition) is 8. The maximum Gasteiger partial charge on any atom is 0.407 e. The van der Waals surface area contributed by atoms with Gasteiger partial charge in [0.05, 0.1) is 48.7 Å². The van der Waals surface area contributed by atoms with Crippen LogP contribution in [-0.4, -0.2) is 87.1 Å². The van der Waals surface area contributed by atoms with E-state index in [1.807, 2.05) is 53.4 Å². The van der Waals surface area contributed by atoms with E-state index in [2.05, 4.69) is 64.7 Å². The fourth-order valence-electron chi connectivity index (χ4n) is 8.00. The molecule has 1 aliphatic rings. The van der Waals surface area contributed by atoms with Gasteiger partial charge in [-0.05, 0) is 91.8 Å². The first-order chi connectivity index (χ1) is 27.8. The zero-order valence-electron chi connectivity index (χ0n) is 35.6. The third-order valence-electron chi connectivity index (χ3n) is 11.4. The summed E-state index contributed by atoms with van der Waals surface area (Å²) in [4.78, 5) is 59.9. The molecule has 2 aromatic heterocycles. The van der Waals surface area contributed by atoms with Crippen molar-refractivity contribution in [3.05, 3.63) is 65.9 Å². The van der Waals surface area contributed by atoms with Crippen molar-refractivity contribution < 1.29 is 28.6 Å². The van der Waals surface area contributed by atoms with E-state index in [0.717, 1.165) is 74.2 Å². The molecule has 3 N–H and O–H groups in total. The van der Waals surface area contributed by atoms with E-state index < -0.39 is 12.1 Å². The van der Waals surface area contributed by atoms with Gasteiger partial charge in [0, 0.05) is 37.1 Å². The Morgan fingerprint density at radius 1 is 0.931 bits per heavy atom. The van der Waals surface area contributed by atoms with Gasteiger partial charge in [-0.3, -0.25) is 9.59 Å². The van der Waals surface area contributed by atoms with E-state index in [0.29, 0.717) is 32.0 Å². The zero-order valence-corrected chi connectivity index (χ0v) is 35.6. The number of amides is 3. The largest absolute Gasteiger partial charge is 0.488 e. The van der Waals surface area contributed by atoms with Gasteiger partial charge in [0.2, 0.25) is 11.8 Å². The molecule has 13 nitrogen and oxygen atoms in total. The third-order valence-corrected chi connectivity index (χ3v) is 11.4. The molecule has 0 unspecified atom stereocenters. The van der Waals surface area contributed by atoms with Crippen LogP contribution in [0.25, 0.3) is 44.2 Å². The number of nitrogens with zero attached hydrogens (tertiary/aromatic N) is 4. The summed E-state index contributed by atoms with van der Waals surface area (Å²) in [6, 6.07) is 13.3. The molecule has 310 valence electrons. The average molecular weight is 794 g/mol. The summed E-state index contributed by atoms with van der Waals surface area (Å²) in [6.45, 7) is 17.5. The molecule has 1 aliphatic heterocycles. The lowest BCUT2D eigenvalue weighted by Gasteiger charge is -2.37. The first-order valence-corrected chi connectivity index (χ1v) is 20.5. The van der Waals surface area contributed by atoms with E-state index >= 15 is 0 Å². The SMILES string of the molecule is CCCC(=O)N(C[C@H](C)COC)[C@@H](C)c1nc2c(ccc3cc4c(cc32)OCc2cc(-c3cnc([C@H](C)N(C(=O)[C@@H](NC(=O)OC)C(C)C)[C@@H](C)CC)[nH]3)ccc2-4)[nH]1. The van der Waals surface area contributed by atoms with Crippen LogP contribution in [-0.2, 0) is 25.7 Å². The smallest absolute Gasteiger partial charge is 0.407 e. The molecule has 0 radical (unpaired) electrons. The monoisotopic (exact) mass is 793 g/mol. The van der Waals surface area contributed by atoms with E-state index in [4.69, 9.17) is 24.2 Å². The molecule has 3 amide bonds. The Labute approximate surface area is 341 Å². The minimum Gasteiger partial charge on any atom is -0.488 e. The molecule has 0 bridgehead atoms. The Kier molecular flexibility index (Phi) is 13.1. The molecule has 13 heteroatoms. The van der Waals surface area contributed by atoms with Crippen LogP contribution in [0.15, 0.2) is 48.7 Å². The van der Waals surface area contributed by atoms with Crippen molar-refractivity contribution >= 4 is 39.7 Å². The summed E-state index contributed by atoms with van der Waals surface area (Å²) < 4.78 is 16.6. The summed E-state index contributed by atoms with van der Waals surface area (Å²) >= 11 is 0. The molecule has 6 rings (SSSR count). The number of nitrogens with one attached hydrogen (secondary N) is 3. The van der Waals surface area contributed by atoms with Crippen LogP contribution in [0.4, 0.5) is 4.79 Å². The maximum absolute atomic E-state index is 14.0. The molecule has 5 atom stereocenters. The Morgan fingerprint density at radius 2 is 1.71 bits per heavy atom. The van der Waals surface area contributed by atoms with E-state index in [9.17, 15) is 14.4 Å². The highest BCUT2D eigenvalue weighted by Gasteiger charge is 2.35. The predicted octanol–water partition coefficient (Wildman–Crippen LogP) is 8.71. The zero-order chi connectivity index (χ0) is 41.8. The number of aromatic amines is 2. The van der Waals surface area contributed by atoms with Crippen molar-refractivity contribution in [3.63, 3.8) is 0 Å². The maximum atomic E-state index is 14.0. The Morgan fingerprint density at radius 3 is 2.40 bits per heavy atom. The first-order valence-electron chi connectivity index (χ1n) is 20.5. The van der Waals surface area contributed by atoms with Gasteiger partial charge in [0.1, 0.15) is 30.0 Å². The number of H-pyrrole nitrogens is 2. The van der Waals surface area contributed by atoms with Gasteiger partial charge in [-0.25, -0.2) is 14.8 Å². The van der Waals surface area contributed by atoms with E-state index in [1.54, 1.807) is 18.2 Å². The quantitative estimate of drug-likeness (QED) is 0.0897. The standard InChI is InChI=1S/C45H59N7O6/c1-11-13-39(53)51(22-26(5)23-56-9)28(7)43-47-36-17-15-30-19-35-33-16-14-31(18-32(33)24-58-38(35)20-34(30)41(36)49-43)37-21-46-42(48-37)29(8)52(27(6)12-2)44(54)40(25(3)4)50-45(55)57-10/h14-21,25-29,40H,11-13,22-24H2,1-10H3,(H,46,48)(H,47,49)(H,50,55)/t26-,27-,28-,29-,40-/m0/s1. The minimum atomic E-state index is -0.746. The van der Waals surface area contributed by atoms with Crippen molar-refractivity contribution in [2.45, 2.75) is 105 Å². The molecule has 58 heavy (non-hydrogen) atoms. The number of imidazole rings is 2. The predicted molar refractivity (Wildman–Crippen MR) is 226 cm³/mol. The number of benzene rings is 3. The second-order valence-electron chi connectivity index (χ2n) is 16.1. The van der Waals surface area contributed by atoms with Crippen molar-refractivity contribution in [2.24, 2.45) is 11.8 Å². The highest BCUT2D eigenvalue weighted by molar-refractivity contribution is 6.07. The molecule has 0 saturated heterocycles. The van der Waals surface area contributed by atoms with Crippen molar-refractivity contribution in [1.29, 1.82) is 0 Å². The fraction of sp³-hybridized carbons (Fsp3) is 0.489. The summed E-state index contributed by atoms with van der Waals surface area (Å²) in [6.07, 6.45) is 3.16. The second-order valence-corrected chi connectivity index (χ2v) is 16.1. The molecule has 3 aromatic carbocycles. The number of carbonyl (C=O) groups is 3. The van der Waals surface area contributed by atoms with Gasteiger partial charge < -0.3 is 39.3 Å². The number of rotatable bonds is 16. The molecule has 0 spiro atoms. The Balaban J connectivity index is 1.26. The Bertz CT molecular complexity index is 2260. The summed E-state index contributed by atoms with van der Waals surface area (Å²) in [7, 11) is 2.98. The first kappa shape index (κ1) is 42.2. The number of fused-ring (bicyclic) bond motifs is 6. The number of hydrogen-bond donors (Lipinski definition) is 3. The van der Waals surface area contributed by atoms with E-state index in [-0.39, 0.29) is 41.8 Å². The molecule has 0 fully saturated rings. The number of carbonyl (C=O) groups excluding carboxylic acids is 3. The van der Waals surface area contributed by atoms with Gasteiger partial charge in [-0.2, -0.15) is 0 Å². The summed E-state index contributed by atoms with van der Waals surface area (Å²) in [5.74, 6) is 2.16. The second kappa shape index (κ2) is 18.0. The van der Waals surface area contributed by atoms with Gasteiger partial charge in [-0.1, -0.05) is 52.8 Å². The summed E-state index contributed by atoms with van der Waals surface area (Å²) in [5.41, 5.74) is 6.69. The molecule has 5 aromatic rings. The van der Waals surface area contributed by atoms with Crippen LogP contribution in [0.3, 0.4) is 0 Å². The van der Waals surface area contributed by atoms with Crippen molar-refractivity contribution in [2.75, 3.05) is 27.4 Å². The Hall–Kier alpha value is -5.43. The topological polar surface area (TPSA) is 155 Å². The minimum absolute atomic E-state index is 0.102. The van der Waals surface area contributed by atoms with E-state index in [1.165, 1.54) is 7.11 Å². The van der Waals surface area contributed by atoms with Crippen LogP contribution in [0.5, 0.6) is 5.75 Å². The van der Waals surface area contributed by atoms with Gasteiger partial charge in [0.15, 0.2) is 0 Å². The van der Waals surface area contributed by atoms with Crippen LogP contribution < -0.4 is 10.1 Å². The molecular weight excluding hydrogens is 735 g/mol. The number of aromatic nitrogens is 4. The van der Waals surface area contributed by atoms with Gasteiger partial charge in [-0.15, -0.1) is 0 Å². The highest BCUT2D eigenvalue weighted by atomic mass is 16.5. The number of ether oxygens (including phenoxy) is 3. The van der Waals surface area contributed by atoms with Crippen LogP contribution in [0.1, 0.15) is 104 Å². The average Bonchev–Trinajstić information content (AvgIpc) is 3.89. The lowest BCUT2D eigenvalue weighted by molar-refractivity contribution is -0.139. The lowest BCUT2D eigenvalue weighted by atomic mass is 9.92. The molecule has 3 heterocycles. The number of methoxy groups -OCH3 is 2. The highest BCUT2D eigenvalue weighted by Crippen LogP contribution is 2.43. The molecule has 0 saturated carbocycles. The van der Waals surface area contributed by atoms with Gasteiger partial charge >= 0.3 is 6.09 Å². The normalized spacial score (nSPS) is 14.9. The molecular formula is C45H59N7O6. The number of alkyl carbamates (subject to hydrolysis) is 1. The lowest BCUT2D eigenvalue weighted by Crippen LogP contribution is -2.54. The van der Waals surface area contributed by atoms with Crippen LogP contribution in [0.2, 0.25) is 0 Å². The molecule has 0 aliphatic carbocycles.